The Labute approximate surface area is 241 Å². The highest BCUT2D eigenvalue weighted by Gasteiger charge is 2.46. The van der Waals surface area contributed by atoms with E-state index in [9.17, 15) is 19.1 Å². The van der Waals surface area contributed by atoms with Crippen molar-refractivity contribution in [3.05, 3.63) is 105 Å². The van der Waals surface area contributed by atoms with E-state index >= 15 is 0 Å². The van der Waals surface area contributed by atoms with E-state index in [1.807, 2.05) is 0 Å². The molecule has 204 valence electrons. The molecule has 12 heteroatoms. The van der Waals surface area contributed by atoms with Gasteiger partial charge < -0.3 is 9.84 Å². The lowest BCUT2D eigenvalue weighted by Crippen LogP contribution is -2.31. The van der Waals surface area contributed by atoms with Gasteiger partial charge in [0.25, 0.3) is 5.91 Å². The first kappa shape index (κ1) is 27.7. The fourth-order valence-corrected chi connectivity index (χ4v) is 6.98. The number of Topliss-reactive ketones (excluding diaryl/α,β-unsaturated/α-hetero) is 1. The van der Waals surface area contributed by atoms with Gasteiger partial charge in [0, 0.05) is 5.75 Å². The van der Waals surface area contributed by atoms with Crippen molar-refractivity contribution in [3.63, 3.8) is 0 Å². The maximum absolute atomic E-state index is 14.1. The van der Waals surface area contributed by atoms with E-state index in [2.05, 4.69) is 21.8 Å². The summed E-state index contributed by atoms with van der Waals surface area (Å²) in [6, 6.07) is 12.4. The first-order valence-corrected chi connectivity index (χ1v) is 14.7. The number of anilines is 1. The third-order valence-corrected chi connectivity index (χ3v) is 9.19. The summed E-state index contributed by atoms with van der Waals surface area (Å²) in [4.78, 5) is 33.3. The van der Waals surface area contributed by atoms with Crippen molar-refractivity contribution in [3.8, 4) is 5.75 Å². The Kier molecular flexibility index (Phi) is 8.10. The highest BCUT2D eigenvalue weighted by Crippen LogP contribution is 2.45. The van der Waals surface area contributed by atoms with Crippen LogP contribution in [0.15, 0.2) is 76.9 Å². The molecule has 0 aliphatic carbocycles. The van der Waals surface area contributed by atoms with Crippen LogP contribution < -0.4 is 9.64 Å². The third-order valence-electron chi connectivity index (χ3n) is 6.02. The summed E-state index contributed by atoms with van der Waals surface area (Å²) in [6.45, 7) is 7.43. The molecule has 0 saturated carbocycles. The number of aliphatic hydroxyl groups is 1. The van der Waals surface area contributed by atoms with Gasteiger partial charge in [0.2, 0.25) is 10.9 Å². The zero-order chi connectivity index (χ0) is 28.4. The van der Waals surface area contributed by atoms with Crippen LogP contribution in [0.5, 0.6) is 5.75 Å². The maximum Gasteiger partial charge on any atom is 0.296 e. The second-order valence-electron chi connectivity index (χ2n) is 8.72. The van der Waals surface area contributed by atoms with Gasteiger partial charge in [-0.15, -0.1) is 21.5 Å². The van der Waals surface area contributed by atoms with Crippen LogP contribution in [0.1, 0.15) is 37.5 Å². The lowest BCUT2D eigenvalue weighted by atomic mass is 9.95. The summed E-state index contributed by atoms with van der Waals surface area (Å²) in [5.74, 6) is -1.42. The number of halogens is 1. The molecule has 8 nitrogen and oxygen atoms in total. The van der Waals surface area contributed by atoms with Crippen LogP contribution in [-0.2, 0) is 10.5 Å². The minimum absolute atomic E-state index is 0.0756. The number of aryl methyl sites for hydroxylation is 2. The number of carbonyl (C=O) groups is 2. The monoisotopic (exact) mass is 594 g/mol. The van der Waals surface area contributed by atoms with E-state index in [4.69, 9.17) is 4.74 Å². The van der Waals surface area contributed by atoms with Crippen LogP contribution in [0, 0.1) is 19.7 Å². The molecular weight excluding hydrogens is 572 g/mol. The fraction of sp³-hybridized carbons (Fsp3) is 0.179. The van der Waals surface area contributed by atoms with Gasteiger partial charge in [-0.3, -0.25) is 14.5 Å². The van der Waals surface area contributed by atoms with E-state index in [-0.39, 0.29) is 23.1 Å². The molecule has 0 fully saturated rings. The molecule has 40 heavy (non-hydrogen) atoms. The van der Waals surface area contributed by atoms with Crippen LogP contribution in [0.4, 0.5) is 9.52 Å². The van der Waals surface area contributed by atoms with Crippen molar-refractivity contribution in [2.75, 3.05) is 11.5 Å². The Hall–Kier alpha value is -3.87. The molecule has 1 unspecified atom stereocenters. The standard InChI is InChI=1S/C28H23FN4O4S3/c1-4-12-37-19-10-7-9-17(13-19)22-21(23(34)25-15(2)30-16(3)39-25)24(35)26(36)33(22)27-31-32-28(40-27)38-14-18-8-5-6-11-20(18)29/h4-11,13,22,35H,1,12,14H2,2-3H3. The summed E-state index contributed by atoms with van der Waals surface area (Å²) in [5, 5.41) is 20.3. The summed E-state index contributed by atoms with van der Waals surface area (Å²) in [6.07, 6.45) is 1.61. The quantitative estimate of drug-likeness (QED) is 0.0975. The first-order valence-electron chi connectivity index (χ1n) is 12.1. The van der Waals surface area contributed by atoms with Gasteiger partial charge in [-0.05, 0) is 43.2 Å². The van der Waals surface area contributed by atoms with E-state index in [1.165, 1.54) is 34.1 Å². The van der Waals surface area contributed by atoms with Crippen LogP contribution in [-0.4, -0.2) is 38.6 Å². The number of ketones is 1. The third kappa shape index (κ3) is 5.42. The SMILES string of the molecule is C=CCOc1cccc(C2C(C(=O)c3sc(C)nc3C)=C(O)C(=O)N2c2nnc(SCc3ccccc3F)s2)c1. The van der Waals surface area contributed by atoms with Gasteiger partial charge in [-0.25, -0.2) is 9.37 Å². The molecule has 1 N–H and O–H groups in total. The summed E-state index contributed by atoms with van der Waals surface area (Å²) in [7, 11) is 0. The predicted molar refractivity (Wildman–Crippen MR) is 154 cm³/mol. The molecule has 0 saturated heterocycles. The molecule has 2 aromatic carbocycles. The smallest absolute Gasteiger partial charge is 0.296 e. The zero-order valence-corrected chi connectivity index (χ0v) is 23.9. The van der Waals surface area contributed by atoms with Gasteiger partial charge in [-0.1, -0.05) is 66.1 Å². The molecule has 1 aliphatic rings. The number of amides is 1. The van der Waals surface area contributed by atoms with Crippen LogP contribution >= 0.6 is 34.4 Å². The Morgan fingerprint density at radius 1 is 1.20 bits per heavy atom. The molecule has 5 rings (SSSR count). The number of benzene rings is 2. The number of rotatable bonds is 10. The highest BCUT2D eigenvalue weighted by atomic mass is 32.2. The molecule has 1 aliphatic heterocycles. The second-order valence-corrected chi connectivity index (χ2v) is 12.1. The fourth-order valence-electron chi connectivity index (χ4n) is 4.26. The molecule has 3 heterocycles. The first-order chi connectivity index (χ1) is 19.3. The lowest BCUT2D eigenvalue weighted by molar-refractivity contribution is -0.117. The topological polar surface area (TPSA) is 106 Å². The average molecular weight is 595 g/mol. The number of thiazole rings is 1. The molecule has 4 aromatic rings. The van der Waals surface area contributed by atoms with Gasteiger partial charge in [-0.2, -0.15) is 0 Å². The molecule has 1 atom stereocenters. The minimum Gasteiger partial charge on any atom is -0.503 e. The van der Waals surface area contributed by atoms with Crippen LogP contribution in [0.2, 0.25) is 0 Å². The van der Waals surface area contributed by atoms with Gasteiger partial charge in [0.15, 0.2) is 10.1 Å². The normalized spacial score (nSPS) is 15.1. The Morgan fingerprint density at radius 2 is 2.00 bits per heavy atom. The van der Waals surface area contributed by atoms with Crippen molar-refractivity contribution in [2.24, 2.45) is 0 Å². The largest absolute Gasteiger partial charge is 0.503 e. The van der Waals surface area contributed by atoms with Gasteiger partial charge in [0.05, 0.1) is 27.2 Å². The summed E-state index contributed by atoms with van der Waals surface area (Å²) in [5.41, 5.74) is 1.49. The number of aliphatic hydroxyl groups excluding tert-OH is 1. The van der Waals surface area contributed by atoms with Gasteiger partial charge in [0.1, 0.15) is 18.2 Å². The van der Waals surface area contributed by atoms with Gasteiger partial charge >= 0.3 is 0 Å². The molecule has 0 radical (unpaired) electrons. The van der Waals surface area contributed by atoms with E-state index in [0.717, 1.165) is 11.3 Å². The van der Waals surface area contributed by atoms with Crippen molar-refractivity contribution < 1.29 is 23.8 Å². The number of aromatic nitrogens is 3. The highest BCUT2D eigenvalue weighted by molar-refractivity contribution is 8.00. The van der Waals surface area contributed by atoms with Crippen molar-refractivity contribution >= 4 is 51.3 Å². The molecule has 2 aromatic heterocycles. The lowest BCUT2D eigenvalue weighted by Gasteiger charge is -2.24. The van der Waals surface area contributed by atoms with Crippen LogP contribution in [0.3, 0.4) is 0 Å². The summed E-state index contributed by atoms with van der Waals surface area (Å²) >= 11 is 3.59. The number of hydrogen-bond acceptors (Lipinski definition) is 10. The number of carbonyl (C=O) groups excluding carboxylic acids is 2. The number of thioether (sulfide) groups is 1. The number of hydrogen-bond donors (Lipinski definition) is 1. The molecule has 0 spiro atoms. The maximum atomic E-state index is 14.1. The van der Waals surface area contributed by atoms with E-state index < -0.39 is 23.5 Å². The predicted octanol–water partition coefficient (Wildman–Crippen LogP) is 6.39. The van der Waals surface area contributed by atoms with Crippen molar-refractivity contribution in [2.45, 2.75) is 30.0 Å². The van der Waals surface area contributed by atoms with Crippen molar-refractivity contribution in [1.29, 1.82) is 0 Å². The zero-order valence-electron chi connectivity index (χ0n) is 21.5. The second kappa shape index (κ2) is 11.7. The van der Waals surface area contributed by atoms with E-state index in [0.29, 0.717) is 42.5 Å². The molecule has 0 bridgehead atoms. The minimum atomic E-state index is -0.994. The Balaban J connectivity index is 1.53. The van der Waals surface area contributed by atoms with Crippen molar-refractivity contribution in [1.82, 2.24) is 15.2 Å². The van der Waals surface area contributed by atoms with Crippen LogP contribution in [0.25, 0.3) is 0 Å². The Morgan fingerprint density at radius 3 is 2.73 bits per heavy atom. The molecular formula is C28H23FN4O4S3. The number of ether oxygens (including phenoxy) is 1. The average Bonchev–Trinajstić information content (AvgIpc) is 3.62. The Bertz CT molecular complexity index is 1650. The van der Waals surface area contributed by atoms with E-state index in [1.54, 1.807) is 62.4 Å². The number of nitrogens with zero attached hydrogens (tertiary/aromatic N) is 4. The molecule has 1 amide bonds. The summed E-state index contributed by atoms with van der Waals surface area (Å²) < 4.78 is 20.3.